The zero-order chi connectivity index (χ0) is 15.4. The third-order valence-corrected chi connectivity index (χ3v) is 2.70. The number of carbonyl (C=O) groups excluding carboxylic acids is 2. The summed E-state index contributed by atoms with van der Waals surface area (Å²) in [7, 11) is 1.55. The van der Waals surface area contributed by atoms with Crippen LogP contribution in [0.25, 0.3) is 0 Å². The number of hydrogen-bond donors (Lipinski definition) is 2. The minimum Gasteiger partial charge on any atom is -0.508 e. The Kier molecular flexibility index (Phi) is 4.22. The van der Waals surface area contributed by atoms with Crippen molar-refractivity contribution in [2.24, 2.45) is 7.05 Å². The number of rotatable bonds is 4. The van der Waals surface area contributed by atoms with Crippen molar-refractivity contribution in [3.05, 3.63) is 41.7 Å². The van der Waals surface area contributed by atoms with Crippen molar-refractivity contribution in [1.82, 2.24) is 9.78 Å². The highest BCUT2D eigenvalue weighted by atomic mass is 16.5. The molecule has 0 spiro atoms. The van der Waals surface area contributed by atoms with Gasteiger partial charge in [0.1, 0.15) is 11.4 Å². The van der Waals surface area contributed by atoms with Gasteiger partial charge in [0.25, 0.3) is 5.91 Å². The van der Waals surface area contributed by atoms with Gasteiger partial charge >= 0.3 is 5.97 Å². The van der Waals surface area contributed by atoms with Crippen LogP contribution in [0.15, 0.2) is 30.3 Å². The molecule has 0 bridgehead atoms. The van der Waals surface area contributed by atoms with Crippen molar-refractivity contribution < 1.29 is 19.4 Å². The molecule has 1 heterocycles. The van der Waals surface area contributed by atoms with E-state index in [1.165, 1.54) is 22.9 Å². The number of aromatic nitrogens is 2. The first kappa shape index (κ1) is 14.6. The summed E-state index contributed by atoms with van der Waals surface area (Å²) >= 11 is 0. The van der Waals surface area contributed by atoms with Gasteiger partial charge in [0, 0.05) is 24.9 Å². The highest BCUT2D eigenvalue weighted by Crippen LogP contribution is 2.16. The molecule has 0 aliphatic heterocycles. The zero-order valence-corrected chi connectivity index (χ0v) is 11.7. The minimum atomic E-state index is -0.538. The van der Waals surface area contributed by atoms with E-state index >= 15 is 0 Å². The molecule has 0 atom stereocenters. The number of hydrogen-bond acceptors (Lipinski definition) is 5. The van der Waals surface area contributed by atoms with Gasteiger partial charge in [-0.3, -0.25) is 9.48 Å². The Morgan fingerprint density at radius 1 is 1.38 bits per heavy atom. The van der Waals surface area contributed by atoms with Crippen LogP contribution < -0.4 is 5.32 Å². The fourth-order valence-corrected chi connectivity index (χ4v) is 1.75. The predicted octanol–water partition coefficient (Wildman–Crippen LogP) is 1.55. The molecule has 21 heavy (non-hydrogen) atoms. The second-order valence-corrected chi connectivity index (χ2v) is 4.26. The summed E-state index contributed by atoms with van der Waals surface area (Å²) in [5.41, 5.74) is 0.713. The van der Waals surface area contributed by atoms with Gasteiger partial charge in [0.05, 0.1) is 6.61 Å². The molecule has 1 aromatic heterocycles. The standard InChI is InChI=1S/C14H15N3O4/c1-3-21-14(20)12-8-11(16-17(12)2)13(19)15-9-5-4-6-10(18)7-9/h4-8,18H,3H2,1-2H3,(H,15,19). The predicted molar refractivity (Wildman–Crippen MR) is 75.2 cm³/mol. The number of benzene rings is 1. The number of carbonyl (C=O) groups is 2. The summed E-state index contributed by atoms with van der Waals surface area (Å²) in [6.07, 6.45) is 0. The van der Waals surface area contributed by atoms with Gasteiger partial charge < -0.3 is 15.2 Å². The lowest BCUT2D eigenvalue weighted by molar-refractivity contribution is 0.0513. The molecule has 0 radical (unpaired) electrons. The average Bonchev–Trinajstić information content (AvgIpc) is 2.81. The second-order valence-electron chi connectivity index (χ2n) is 4.26. The van der Waals surface area contributed by atoms with Crippen LogP contribution in [-0.2, 0) is 11.8 Å². The maximum Gasteiger partial charge on any atom is 0.356 e. The number of aromatic hydroxyl groups is 1. The summed E-state index contributed by atoms with van der Waals surface area (Å²) < 4.78 is 6.16. The number of nitrogens with one attached hydrogen (secondary N) is 1. The van der Waals surface area contributed by atoms with E-state index in [9.17, 15) is 14.7 Å². The van der Waals surface area contributed by atoms with E-state index in [1.807, 2.05) is 0 Å². The normalized spacial score (nSPS) is 10.2. The number of aryl methyl sites for hydroxylation is 1. The third kappa shape index (κ3) is 3.38. The van der Waals surface area contributed by atoms with Gasteiger partial charge in [0.15, 0.2) is 5.69 Å². The lowest BCUT2D eigenvalue weighted by Gasteiger charge is -2.02. The molecule has 0 unspecified atom stereocenters. The van der Waals surface area contributed by atoms with Crippen LogP contribution in [0.4, 0.5) is 5.69 Å². The highest BCUT2D eigenvalue weighted by Gasteiger charge is 2.18. The van der Waals surface area contributed by atoms with Crippen LogP contribution in [0.3, 0.4) is 0 Å². The number of ether oxygens (including phenoxy) is 1. The molecule has 110 valence electrons. The maximum atomic E-state index is 12.1. The Hall–Kier alpha value is -2.83. The Morgan fingerprint density at radius 3 is 2.81 bits per heavy atom. The van der Waals surface area contributed by atoms with Gasteiger partial charge in [-0.2, -0.15) is 5.10 Å². The molecule has 1 amide bonds. The first-order valence-corrected chi connectivity index (χ1v) is 6.32. The van der Waals surface area contributed by atoms with E-state index in [0.29, 0.717) is 5.69 Å². The summed E-state index contributed by atoms with van der Waals surface area (Å²) in [6.45, 7) is 1.94. The van der Waals surface area contributed by atoms with E-state index in [-0.39, 0.29) is 23.7 Å². The number of anilines is 1. The number of amides is 1. The molecule has 7 heteroatoms. The topological polar surface area (TPSA) is 93.5 Å². The molecule has 7 nitrogen and oxygen atoms in total. The van der Waals surface area contributed by atoms with Crippen molar-refractivity contribution in [2.75, 3.05) is 11.9 Å². The fraction of sp³-hybridized carbons (Fsp3) is 0.214. The van der Waals surface area contributed by atoms with E-state index in [4.69, 9.17) is 4.74 Å². The molecule has 1 aromatic carbocycles. The SMILES string of the molecule is CCOC(=O)c1cc(C(=O)Nc2cccc(O)c2)nn1C. The molecule has 0 saturated heterocycles. The molecule has 2 N–H and O–H groups in total. The van der Waals surface area contributed by atoms with Crippen LogP contribution in [0.1, 0.15) is 27.9 Å². The largest absolute Gasteiger partial charge is 0.508 e. The molecule has 2 aromatic rings. The molecule has 0 aliphatic rings. The monoisotopic (exact) mass is 289 g/mol. The molecule has 0 aliphatic carbocycles. The lowest BCUT2D eigenvalue weighted by atomic mass is 10.3. The van der Waals surface area contributed by atoms with E-state index in [1.54, 1.807) is 26.1 Å². The van der Waals surface area contributed by atoms with Crippen molar-refractivity contribution in [1.29, 1.82) is 0 Å². The molecular formula is C14H15N3O4. The first-order chi connectivity index (χ1) is 10.0. The van der Waals surface area contributed by atoms with Gasteiger partial charge in [-0.25, -0.2) is 4.79 Å². The highest BCUT2D eigenvalue weighted by molar-refractivity contribution is 6.04. The first-order valence-electron chi connectivity index (χ1n) is 6.32. The van der Waals surface area contributed by atoms with E-state index in [2.05, 4.69) is 10.4 Å². The summed E-state index contributed by atoms with van der Waals surface area (Å²) in [5, 5.41) is 15.9. The average molecular weight is 289 g/mol. The minimum absolute atomic E-state index is 0.0426. The Bertz CT molecular complexity index is 679. The number of nitrogens with zero attached hydrogens (tertiary/aromatic N) is 2. The summed E-state index contributed by atoms with van der Waals surface area (Å²) in [5.74, 6) is -0.975. The zero-order valence-electron chi connectivity index (χ0n) is 11.7. The summed E-state index contributed by atoms with van der Waals surface area (Å²) in [6, 6.07) is 7.50. The van der Waals surface area contributed by atoms with Crippen LogP contribution in [0, 0.1) is 0 Å². The van der Waals surface area contributed by atoms with Crippen LogP contribution >= 0.6 is 0 Å². The Balaban J connectivity index is 2.17. The molecule has 0 saturated carbocycles. The number of phenols is 1. The lowest BCUT2D eigenvalue weighted by Crippen LogP contribution is -2.12. The second kappa shape index (κ2) is 6.08. The molecule has 0 fully saturated rings. The van der Waals surface area contributed by atoms with Crippen LogP contribution in [-0.4, -0.2) is 33.4 Å². The quantitative estimate of drug-likeness (QED) is 0.833. The fourth-order valence-electron chi connectivity index (χ4n) is 1.75. The van der Waals surface area contributed by atoms with Gasteiger partial charge in [-0.1, -0.05) is 6.07 Å². The van der Waals surface area contributed by atoms with Crippen molar-refractivity contribution in [3.63, 3.8) is 0 Å². The van der Waals surface area contributed by atoms with Gasteiger partial charge in [-0.05, 0) is 19.1 Å². The van der Waals surface area contributed by atoms with Crippen molar-refractivity contribution in [2.45, 2.75) is 6.92 Å². The summed E-state index contributed by atoms with van der Waals surface area (Å²) in [4.78, 5) is 23.7. The van der Waals surface area contributed by atoms with Crippen molar-refractivity contribution in [3.8, 4) is 5.75 Å². The van der Waals surface area contributed by atoms with Gasteiger partial charge in [-0.15, -0.1) is 0 Å². The number of phenolic OH excluding ortho intramolecular Hbond substituents is 1. The Morgan fingerprint density at radius 2 is 2.14 bits per heavy atom. The van der Waals surface area contributed by atoms with Gasteiger partial charge in [0.2, 0.25) is 0 Å². The number of esters is 1. The maximum absolute atomic E-state index is 12.1. The Labute approximate surface area is 121 Å². The third-order valence-electron chi connectivity index (χ3n) is 2.70. The molecular weight excluding hydrogens is 274 g/mol. The molecule has 2 rings (SSSR count). The van der Waals surface area contributed by atoms with Crippen LogP contribution in [0.5, 0.6) is 5.75 Å². The van der Waals surface area contributed by atoms with Crippen LogP contribution in [0.2, 0.25) is 0 Å². The smallest absolute Gasteiger partial charge is 0.356 e. The van der Waals surface area contributed by atoms with E-state index in [0.717, 1.165) is 0 Å². The van der Waals surface area contributed by atoms with Crippen molar-refractivity contribution >= 4 is 17.6 Å². The van der Waals surface area contributed by atoms with E-state index < -0.39 is 11.9 Å².